The first-order valence-corrected chi connectivity index (χ1v) is 15.1. The van der Waals surface area contributed by atoms with Gasteiger partial charge in [-0.2, -0.15) is 0 Å². The lowest BCUT2D eigenvalue weighted by molar-refractivity contribution is -0.135. The minimum atomic E-state index is -0.0293. The maximum atomic E-state index is 13.3. The third-order valence-electron chi connectivity index (χ3n) is 9.35. The Hall–Kier alpha value is -3.17. The Morgan fingerprint density at radius 3 is 2.45 bits per heavy atom. The molecule has 1 spiro atoms. The molecule has 1 unspecified atom stereocenters. The summed E-state index contributed by atoms with van der Waals surface area (Å²) < 4.78 is 6.18. The molecular weight excluding hydrogens is 552 g/mol. The number of carbonyl (C=O) groups excluding carboxylic acids is 1. The molecule has 0 bridgehead atoms. The molecule has 2 aromatic rings. The van der Waals surface area contributed by atoms with E-state index in [1.165, 1.54) is 16.7 Å². The second kappa shape index (κ2) is 13.4. The molecule has 226 valence electrons. The van der Waals surface area contributed by atoms with Gasteiger partial charge >= 0.3 is 0 Å². The van der Waals surface area contributed by atoms with Crippen LogP contribution in [0.15, 0.2) is 47.9 Å². The van der Waals surface area contributed by atoms with Crippen LogP contribution < -0.4 is 15.0 Å². The van der Waals surface area contributed by atoms with Crippen molar-refractivity contribution in [2.24, 2.45) is 22.4 Å². The zero-order valence-corrected chi connectivity index (χ0v) is 25.6. The van der Waals surface area contributed by atoms with Crippen LogP contribution in [0.5, 0.6) is 5.75 Å². The Kier molecular flexibility index (Phi) is 9.68. The fraction of sp³-hybridized carbons (Fsp3) is 0.562. The Bertz CT molecular complexity index is 1270. The average Bonchev–Trinajstić information content (AvgIpc) is 3.41. The Balaban J connectivity index is 0.00000353. The molecule has 1 amide bonds. The summed E-state index contributed by atoms with van der Waals surface area (Å²) in [7, 11) is 1.58. The van der Waals surface area contributed by atoms with E-state index in [2.05, 4.69) is 62.6 Å². The van der Waals surface area contributed by atoms with Crippen molar-refractivity contribution in [1.29, 1.82) is 0 Å². The lowest BCUT2D eigenvalue weighted by Crippen LogP contribution is -2.58. The van der Waals surface area contributed by atoms with E-state index in [0.29, 0.717) is 12.5 Å². The number of aromatic nitrogens is 2. The van der Waals surface area contributed by atoms with E-state index >= 15 is 0 Å². The van der Waals surface area contributed by atoms with Gasteiger partial charge in [0, 0.05) is 51.0 Å². The van der Waals surface area contributed by atoms with Crippen molar-refractivity contribution in [2.45, 2.75) is 45.4 Å². The first-order chi connectivity index (χ1) is 20.1. The number of oxime groups is 1. The third-order valence-corrected chi connectivity index (χ3v) is 9.35. The van der Waals surface area contributed by atoms with Gasteiger partial charge in [0.2, 0.25) is 11.9 Å². The van der Waals surface area contributed by atoms with Crippen LogP contribution in [0.1, 0.15) is 50.2 Å². The maximum Gasteiger partial charge on any atom is 0.226 e. The van der Waals surface area contributed by atoms with E-state index in [0.717, 1.165) is 95.3 Å². The summed E-state index contributed by atoms with van der Waals surface area (Å²) >= 11 is 0. The number of halogens is 1. The molecule has 1 aliphatic carbocycles. The Morgan fingerprint density at radius 1 is 1.12 bits per heavy atom. The predicted molar refractivity (Wildman–Crippen MR) is 167 cm³/mol. The number of aryl methyl sites for hydroxylation is 1. The van der Waals surface area contributed by atoms with Crippen molar-refractivity contribution in [3.05, 3.63) is 53.9 Å². The Morgan fingerprint density at radius 2 is 1.86 bits per heavy atom. The number of benzene rings is 1. The summed E-state index contributed by atoms with van der Waals surface area (Å²) in [6, 6.07) is 8.48. The highest BCUT2D eigenvalue weighted by Gasteiger charge is 2.50. The van der Waals surface area contributed by atoms with Gasteiger partial charge in [0.1, 0.15) is 12.9 Å². The minimum Gasteiger partial charge on any atom is -0.493 e. The van der Waals surface area contributed by atoms with Crippen LogP contribution in [0.4, 0.5) is 5.95 Å². The topological polar surface area (TPSA) is 92.2 Å². The number of carbonyl (C=O) groups is 1. The second-order valence-electron chi connectivity index (χ2n) is 12.0. The standard InChI is InChI=1S/C32H42N6O3.ClH/c1-3-23-16-34-31(35-17-23)37-14-12-24(13-15-37)19-41-28-10-8-26(9-11-28)25-4-6-27(7-5-25)30(39)38-18-29(36-40-2)32(22-38)20-33-21-32;/h4,8-11,16-17,24,27,33H,3,5-7,12-15,18-22H2,1-2H3;1H. The molecule has 9 nitrogen and oxygen atoms in total. The van der Waals surface area contributed by atoms with Crippen molar-refractivity contribution in [2.75, 3.05) is 57.9 Å². The number of piperidine rings is 1. The second-order valence-corrected chi connectivity index (χ2v) is 12.0. The number of amides is 1. The molecule has 6 rings (SSSR count). The number of hydrogen-bond donors (Lipinski definition) is 1. The van der Waals surface area contributed by atoms with E-state index in [4.69, 9.17) is 9.57 Å². The number of allylic oxidation sites excluding steroid dienone is 2. The molecular formula is C32H43ClN6O3. The first kappa shape index (κ1) is 30.3. The summed E-state index contributed by atoms with van der Waals surface area (Å²) in [6.45, 7) is 7.86. The van der Waals surface area contributed by atoms with E-state index in [1.54, 1.807) is 7.11 Å². The zero-order chi connectivity index (χ0) is 28.2. The highest BCUT2D eigenvalue weighted by Crippen LogP contribution is 2.36. The van der Waals surface area contributed by atoms with Gasteiger partial charge in [-0.3, -0.25) is 4.79 Å². The van der Waals surface area contributed by atoms with Gasteiger partial charge in [-0.15, -0.1) is 12.4 Å². The van der Waals surface area contributed by atoms with Gasteiger partial charge in [-0.25, -0.2) is 9.97 Å². The summed E-state index contributed by atoms with van der Waals surface area (Å²) in [5.41, 5.74) is 4.69. The van der Waals surface area contributed by atoms with Crippen molar-refractivity contribution >= 4 is 35.5 Å². The fourth-order valence-corrected chi connectivity index (χ4v) is 6.55. The van der Waals surface area contributed by atoms with Crippen LogP contribution in [0.3, 0.4) is 0 Å². The van der Waals surface area contributed by atoms with Crippen molar-refractivity contribution in [3.63, 3.8) is 0 Å². The van der Waals surface area contributed by atoms with Crippen LogP contribution in [0.25, 0.3) is 5.57 Å². The molecule has 0 saturated carbocycles. The number of nitrogens with zero attached hydrogens (tertiary/aromatic N) is 5. The average molecular weight is 595 g/mol. The quantitative estimate of drug-likeness (QED) is 0.454. The maximum absolute atomic E-state index is 13.3. The first-order valence-electron chi connectivity index (χ1n) is 15.1. The van der Waals surface area contributed by atoms with E-state index in [-0.39, 0.29) is 29.6 Å². The molecule has 42 heavy (non-hydrogen) atoms. The summed E-state index contributed by atoms with van der Waals surface area (Å²) in [4.78, 5) is 31.8. The highest BCUT2D eigenvalue weighted by molar-refractivity contribution is 5.99. The summed E-state index contributed by atoms with van der Waals surface area (Å²) in [5, 5.41) is 7.58. The molecule has 1 atom stereocenters. The molecule has 1 aromatic carbocycles. The molecule has 3 aliphatic heterocycles. The van der Waals surface area contributed by atoms with Crippen molar-refractivity contribution < 1.29 is 14.4 Å². The lowest BCUT2D eigenvalue weighted by atomic mass is 9.79. The number of anilines is 1. The van der Waals surface area contributed by atoms with Crippen LogP contribution in [-0.4, -0.2) is 79.5 Å². The SMILES string of the molecule is CCc1cnc(N2CCC(COc3ccc(C4=CCC(C(=O)N5CC(=NOC)C6(CNC6)C5)CC4)cc3)CC2)nc1.Cl. The monoisotopic (exact) mass is 594 g/mol. The number of likely N-dealkylation sites (tertiary alicyclic amines) is 1. The summed E-state index contributed by atoms with van der Waals surface area (Å²) in [6.07, 6.45) is 11.9. The van der Waals surface area contributed by atoms with E-state index in [1.807, 2.05) is 17.3 Å². The Labute approximate surface area is 255 Å². The number of ether oxygens (including phenoxy) is 1. The highest BCUT2D eigenvalue weighted by atomic mass is 35.5. The van der Waals surface area contributed by atoms with Gasteiger partial charge in [0.15, 0.2) is 0 Å². The van der Waals surface area contributed by atoms with Crippen LogP contribution in [0.2, 0.25) is 0 Å². The van der Waals surface area contributed by atoms with Crippen molar-refractivity contribution in [1.82, 2.24) is 20.2 Å². The van der Waals surface area contributed by atoms with Gasteiger partial charge in [0.05, 0.1) is 24.3 Å². The number of rotatable bonds is 8. The predicted octanol–water partition coefficient (Wildman–Crippen LogP) is 4.37. The van der Waals surface area contributed by atoms with Crippen molar-refractivity contribution in [3.8, 4) is 5.75 Å². The van der Waals surface area contributed by atoms with Gasteiger partial charge < -0.3 is 24.7 Å². The molecule has 10 heteroatoms. The molecule has 1 aromatic heterocycles. The molecule has 3 fully saturated rings. The van der Waals surface area contributed by atoms with Gasteiger partial charge in [0.25, 0.3) is 0 Å². The molecule has 1 N–H and O–H groups in total. The van der Waals surface area contributed by atoms with E-state index in [9.17, 15) is 4.79 Å². The smallest absolute Gasteiger partial charge is 0.226 e. The fourth-order valence-electron chi connectivity index (χ4n) is 6.55. The number of hydrogen-bond acceptors (Lipinski definition) is 8. The lowest BCUT2D eigenvalue weighted by Gasteiger charge is -2.39. The van der Waals surface area contributed by atoms with Crippen LogP contribution in [0, 0.1) is 17.3 Å². The zero-order valence-electron chi connectivity index (χ0n) is 24.8. The molecule has 3 saturated heterocycles. The van der Waals surface area contributed by atoms with Gasteiger partial charge in [-0.05, 0) is 73.3 Å². The minimum absolute atomic E-state index is 0. The van der Waals surface area contributed by atoms with E-state index < -0.39 is 0 Å². The van der Waals surface area contributed by atoms with Crippen LogP contribution >= 0.6 is 12.4 Å². The summed E-state index contributed by atoms with van der Waals surface area (Å²) in [5.74, 6) is 2.60. The molecule has 4 heterocycles. The molecule has 0 radical (unpaired) electrons. The molecule has 4 aliphatic rings. The largest absolute Gasteiger partial charge is 0.493 e. The normalized spacial score (nSPS) is 22.9. The van der Waals surface area contributed by atoms with Crippen LogP contribution in [-0.2, 0) is 16.1 Å². The third kappa shape index (κ3) is 6.42. The number of nitrogens with one attached hydrogen (secondary N) is 1. The van der Waals surface area contributed by atoms with Gasteiger partial charge in [-0.1, -0.05) is 30.3 Å².